The van der Waals surface area contributed by atoms with Gasteiger partial charge in [-0.3, -0.25) is 14.4 Å². The Morgan fingerprint density at radius 3 is 2.42 bits per heavy atom. The number of methoxy groups -OCH3 is 1. The van der Waals surface area contributed by atoms with E-state index in [4.69, 9.17) is 9.47 Å². The normalized spacial score (nSPS) is 9.84. The minimum absolute atomic E-state index is 0.0527. The average molecular weight is 274 g/mol. The van der Waals surface area contributed by atoms with Crippen LogP contribution in [0.4, 0.5) is 0 Å². The summed E-state index contributed by atoms with van der Waals surface area (Å²) in [6.07, 6.45) is 0.128. The van der Waals surface area contributed by atoms with Crippen molar-refractivity contribution < 1.29 is 23.9 Å². The summed E-state index contributed by atoms with van der Waals surface area (Å²) < 4.78 is 9.57. The first-order chi connectivity index (χ1) is 9.01. The van der Waals surface area contributed by atoms with Crippen LogP contribution >= 0.6 is 0 Å². The molecule has 0 unspecified atom stereocenters. The molecule has 0 bridgehead atoms. The Balaban J connectivity index is 4.20. The predicted molar refractivity (Wildman–Crippen MR) is 68.4 cm³/mol. The summed E-state index contributed by atoms with van der Waals surface area (Å²) in [6, 6.07) is 0. The van der Waals surface area contributed by atoms with Gasteiger partial charge >= 0.3 is 5.97 Å². The molecule has 0 radical (unpaired) electrons. The molecular formula is C12H22N2O5. The zero-order chi connectivity index (χ0) is 14.7. The molecule has 0 spiro atoms. The van der Waals surface area contributed by atoms with Crippen LogP contribution in [0.1, 0.15) is 20.3 Å². The van der Waals surface area contributed by atoms with Crippen molar-refractivity contribution in [2.45, 2.75) is 20.3 Å². The number of ether oxygens (including phenoxy) is 2. The molecule has 0 atom stereocenters. The Labute approximate surface area is 113 Å². The highest BCUT2D eigenvalue weighted by molar-refractivity contribution is 5.78. The molecule has 0 aliphatic carbocycles. The zero-order valence-corrected chi connectivity index (χ0v) is 11.7. The molecule has 1 N–H and O–H groups in total. The van der Waals surface area contributed by atoms with Gasteiger partial charge in [-0.15, -0.1) is 0 Å². The maximum Gasteiger partial charge on any atom is 0.307 e. The standard InChI is InChI=1S/C12H22N2O5/c1-4-19-12(17)5-7-14(11(16)9-18-3)8-6-13-10(2)15/h4-9H2,1-3H3,(H,13,15). The number of rotatable bonds is 9. The van der Waals surface area contributed by atoms with E-state index >= 15 is 0 Å². The van der Waals surface area contributed by atoms with Crippen molar-refractivity contribution in [3.05, 3.63) is 0 Å². The maximum absolute atomic E-state index is 11.7. The van der Waals surface area contributed by atoms with Crippen LogP contribution in [-0.2, 0) is 23.9 Å². The second-order valence-corrected chi connectivity index (χ2v) is 3.85. The van der Waals surface area contributed by atoms with Crippen LogP contribution in [0.2, 0.25) is 0 Å². The minimum Gasteiger partial charge on any atom is -0.466 e. The predicted octanol–water partition coefficient (Wildman–Crippen LogP) is -0.449. The number of amides is 2. The Hall–Kier alpha value is -1.63. The third-order valence-electron chi connectivity index (χ3n) is 2.27. The van der Waals surface area contributed by atoms with E-state index in [0.29, 0.717) is 19.7 Å². The van der Waals surface area contributed by atoms with Crippen LogP contribution in [-0.4, -0.2) is 62.6 Å². The van der Waals surface area contributed by atoms with E-state index in [2.05, 4.69) is 5.32 Å². The topological polar surface area (TPSA) is 84.9 Å². The van der Waals surface area contributed by atoms with Crippen LogP contribution in [0, 0.1) is 0 Å². The van der Waals surface area contributed by atoms with Crippen molar-refractivity contribution >= 4 is 17.8 Å². The summed E-state index contributed by atoms with van der Waals surface area (Å²) >= 11 is 0. The number of esters is 1. The van der Waals surface area contributed by atoms with Gasteiger partial charge in [-0.05, 0) is 6.92 Å². The van der Waals surface area contributed by atoms with Gasteiger partial charge in [-0.25, -0.2) is 0 Å². The highest BCUT2D eigenvalue weighted by atomic mass is 16.5. The van der Waals surface area contributed by atoms with Crippen molar-refractivity contribution in [3.8, 4) is 0 Å². The number of nitrogens with zero attached hydrogens (tertiary/aromatic N) is 1. The molecular weight excluding hydrogens is 252 g/mol. The number of carbonyl (C=O) groups is 3. The third-order valence-corrected chi connectivity index (χ3v) is 2.27. The summed E-state index contributed by atoms with van der Waals surface area (Å²) in [7, 11) is 1.43. The Morgan fingerprint density at radius 1 is 1.21 bits per heavy atom. The van der Waals surface area contributed by atoms with Crippen LogP contribution in [0.15, 0.2) is 0 Å². The molecule has 7 heteroatoms. The molecule has 110 valence electrons. The number of hydrogen-bond donors (Lipinski definition) is 1. The van der Waals surface area contributed by atoms with Gasteiger partial charge in [0.25, 0.3) is 0 Å². The average Bonchev–Trinajstić information content (AvgIpc) is 2.33. The second kappa shape index (κ2) is 10.3. The van der Waals surface area contributed by atoms with Gasteiger partial charge in [0.1, 0.15) is 6.61 Å². The molecule has 0 heterocycles. The molecule has 0 saturated carbocycles. The van der Waals surface area contributed by atoms with Gasteiger partial charge in [0.2, 0.25) is 11.8 Å². The van der Waals surface area contributed by atoms with E-state index in [0.717, 1.165) is 0 Å². The van der Waals surface area contributed by atoms with Crippen molar-refractivity contribution in [2.75, 3.05) is 40.0 Å². The zero-order valence-electron chi connectivity index (χ0n) is 11.7. The molecule has 2 amide bonds. The van der Waals surface area contributed by atoms with Gasteiger partial charge in [0.05, 0.1) is 13.0 Å². The first-order valence-electron chi connectivity index (χ1n) is 6.18. The van der Waals surface area contributed by atoms with Crippen molar-refractivity contribution in [1.29, 1.82) is 0 Å². The van der Waals surface area contributed by atoms with E-state index in [-0.39, 0.29) is 37.4 Å². The highest BCUT2D eigenvalue weighted by Gasteiger charge is 2.15. The number of nitrogens with one attached hydrogen (secondary N) is 1. The van der Waals surface area contributed by atoms with E-state index in [1.54, 1.807) is 6.92 Å². The smallest absolute Gasteiger partial charge is 0.307 e. The maximum atomic E-state index is 11.7. The highest BCUT2D eigenvalue weighted by Crippen LogP contribution is 1.96. The quantitative estimate of drug-likeness (QED) is 0.576. The molecule has 0 aliphatic rings. The summed E-state index contributed by atoms with van der Waals surface area (Å²) in [5, 5.41) is 2.60. The molecule has 0 aromatic carbocycles. The van der Waals surface area contributed by atoms with Crippen LogP contribution in [0.5, 0.6) is 0 Å². The van der Waals surface area contributed by atoms with Crippen molar-refractivity contribution in [3.63, 3.8) is 0 Å². The summed E-state index contributed by atoms with van der Waals surface area (Å²) in [4.78, 5) is 35.2. The van der Waals surface area contributed by atoms with E-state index < -0.39 is 0 Å². The number of carbonyl (C=O) groups excluding carboxylic acids is 3. The molecule has 0 aliphatic heterocycles. The van der Waals surface area contributed by atoms with Gasteiger partial charge in [0.15, 0.2) is 0 Å². The minimum atomic E-state index is -0.350. The van der Waals surface area contributed by atoms with E-state index in [1.165, 1.54) is 18.9 Å². The number of hydrogen-bond acceptors (Lipinski definition) is 5. The van der Waals surface area contributed by atoms with Crippen LogP contribution < -0.4 is 5.32 Å². The summed E-state index contributed by atoms with van der Waals surface area (Å²) in [5.41, 5.74) is 0. The van der Waals surface area contributed by atoms with Crippen molar-refractivity contribution in [2.24, 2.45) is 0 Å². The Bertz CT molecular complexity index is 306. The molecule has 0 aromatic heterocycles. The Kier molecular flexibility index (Phi) is 9.42. The van der Waals surface area contributed by atoms with Gasteiger partial charge in [-0.1, -0.05) is 0 Å². The lowest BCUT2D eigenvalue weighted by atomic mass is 10.3. The first kappa shape index (κ1) is 17.4. The summed E-state index contributed by atoms with van der Waals surface area (Å²) in [6.45, 7) is 4.32. The SMILES string of the molecule is CCOC(=O)CCN(CCNC(C)=O)C(=O)COC. The van der Waals surface area contributed by atoms with Crippen molar-refractivity contribution in [1.82, 2.24) is 10.2 Å². The van der Waals surface area contributed by atoms with Crippen LogP contribution in [0.25, 0.3) is 0 Å². The molecule has 0 saturated heterocycles. The Morgan fingerprint density at radius 2 is 1.89 bits per heavy atom. The molecule has 0 fully saturated rings. The van der Waals surface area contributed by atoms with Crippen LogP contribution in [0.3, 0.4) is 0 Å². The van der Waals surface area contributed by atoms with E-state index in [9.17, 15) is 14.4 Å². The molecule has 0 rings (SSSR count). The van der Waals surface area contributed by atoms with Gasteiger partial charge < -0.3 is 19.7 Å². The fraction of sp³-hybridized carbons (Fsp3) is 0.750. The molecule has 0 aromatic rings. The first-order valence-corrected chi connectivity index (χ1v) is 6.18. The molecule has 19 heavy (non-hydrogen) atoms. The second-order valence-electron chi connectivity index (χ2n) is 3.85. The lowest BCUT2D eigenvalue weighted by Crippen LogP contribution is -2.41. The fourth-order valence-electron chi connectivity index (χ4n) is 1.40. The molecule has 7 nitrogen and oxygen atoms in total. The largest absolute Gasteiger partial charge is 0.466 e. The lowest BCUT2D eigenvalue weighted by Gasteiger charge is -2.22. The van der Waals surface area contributed by atoms with Gasteiger partial charge in [-0.2, -0.15) is 0 Å². The van der Waals surface area contributed by atoms with E-state index in [1.807, 2.05) is 0 Å². The van der Waals surface area contributed by atoms with Gasteiger partial charge in [0, 0.05) is 33.7 Å². The lowest BCUT2D eigenvalue weighted by molar-refractivity contribution is -0.144. The fourth-order valence-corrected chi connectivity index (χ4v) is 1.40. The monoisotopic (exact) mass is 274 g/mol. The summed E-state index contributed by atoms with van der Waals surface area (Å²) in [5.74, 6) is -0.737. The third kappa shape index (κ3) is 9.01.